The Labute approximate surface area is 99.4 Å². The molecule has 2 aromatic rings. The first-order valence-corrected chi connectivity index (χ1v) is 5.90. The van der Waals surface area contributed by atoms with Gasteiger partial charge in [0.2, 0.25) is 0 Å². The van der Waals surface area contributed by atoms with Crippen molar-refractivity contribution in [3.05, 3.63) is 53.7 Å². The number of aliphatic hydroxyl groups excluding tert-OH is 1. The van der Waals surface area contributed by atoms with Gasteiger partial charge in [-0.3, -0.25) is 0 Å². The van der Waals surface area contributed by atoms with Crippen LogP contribution in [0.5, 0.6) is 0 Å². The first-order chi connectivity index (χ1) is 7.79. The van der Waals surface area contributed by atoms with Crippen LogP contribution in [0, 0.1) is 6.92 Å². The van der Waals surface area contributed by atoms with E-state index in [9.17, 15) is 5.11 Å². The first-order valence-electron chi connectivity index (χ1n) is 5.09. The minimum atomic E-state index is 0.0298. The minimum Gasteiger partial charge on any atom is -0.392 e. The van der Waals surface area contributed by atoms with Gasteiger partial charge in [0.05, 0.1) is 6.61 Å². The fourth-order valence-electron chi connectivity index (χ4n) is 1.43. The van der Waals surface area contributed by atoms with Crippen LogP contribution in [-0.4, -0.2) is 10.1 Å². The molecule has 0 fully saturated rings. The van der Waals surface area contributed by atoms with Crippen LogP contribution in [-0.2, 0) is 6.61 Å². The van der Waals surface area contributed by atoms with Crippen LogP contribution in [0.2, 0.25) is 0 Å². The maximum absolute atomic E-state index is 9.20. The molecule has 1 aromatic heterocycles. The highest BCUT2D eigenvalue weighted by molar-refractivity contribution is 7.99. The van der Waals surface area contributed by atoms with E-state index in [1.807, 2.05) is 24.3 Å². The van der Waals surface area contributed by atoms with E-state index in [-0.39, 0.29) is 6.61 Å². The molecule has 1 heterocycles. The SMILES string of the molecule is Cc1cccc(Sc2ncccc2CO)c1. The summed E-state index contributed by atoms with van der Waals surface area (Å²) in [7, 11) is 0. The number of aromatic nitrogens is 1. The molecule has 2 rings (SSSR count). The third-order valence-electron chi connectivity index (χ3n) is 2.22. The van der Waals surface area contributed by atoms with Crippen LogP contribution in [0.25, 0.3) is 0 Å². The molecule has 0 atom stereocenters. The maximum atomic E-state index is 9.20. The average Bonchev–Trinajstić information content (AvgIpc) is 2.30. The van der Waals surface area contributed by atoms with Gasteiger partial charge in [-0.2, -0.15) is 0 Å². The molecule has 0 aliphatic rings. The Balaban J connectivity index is 2.26. The second-order valence-electron chi connectivity index (χ2n) is 3.54. The monoisotopic (exact) mass is 231 g/mol. The van der Waals surface area contributed by atoms with E-state index in [1.165, 1.54) is 5.56 Å². The number of benzene rings is 1. The zero-order valence-corrected chi connectivity index (χ0v) is 9.87. The highest BCUT2D eigenvalue weighted by Crippen LogP contribution is 2.28. The fourth-order valence-corrected chi connectivity index (χ4v) is 2.42. The molecule has 0 aliphatic heterocycles. The normalized spacial score (nSPS) is 10.4. The highest BCUT2D eigenvalue weighted by Gasteiger charge is 2.04. The fraction of sp³-hybridized carbons (Fsp3) is 0.154. The Hall–Kier alpha value is -1.32. The minimum absolute atomic E-state index is 0.0298. The van der Waals surface area contributed by atoms with Crippen molar-refractivity contribution in [2.45, 2.75) is 23.5 Å². The molecule has 0 saturated carbocycles. The molecule has 1 aromatic carbocycles. The Morgan fingerprint density at radius 2 is 2.12 bits per heavy atom. The number of hydrogen-bond donors (Lipinski definition) is 1. The van der Waals surface area contributed by atoms with Crippen molar-refractivity contribution in [3.63, 3.8) is 0 Å². The lowest BCUT2D eigenvalue weighted by atomic mass is 10.2. The third-order valence-corrected chi connectivity index (χ3v) is 3.27. The molecule has 1 N–H and O–H groups in total. The number of aryl methyl sites for hydroxylation is 1. The zero-order valence-electron chi connectivity index (χ0n) is 9.05. The summed E-state index contributed by atoms with van der Waals surface area (Å²) in [4.78, 5) is 5.42. The quantitative estimate of drug-likeness (QED) is 0.881. The summed E-state index contributed by atoms with van der Waals surface area (Å²) in [5, 5.41) is 10.1. The van der Waals surface area contributed by atoms with Crippen molar-refractivity contribution >= 4 is 11.8 Å². The van der Waals surface area contributed by atoms with Gasteiger partial charge in [0.15, 0.2) is 0 Å². The van der Waals surface area contributed by atoms with Crippen LogP contribution in [0.1, 0.15) is 11.1 Å². The number of pyridine rings is 1. The van der Waals surface area contributed by atoms with Crippen LogP contribution < -0.4 is 0 Å². The molecule has 82 valence electrons. The number of nitrogens with zero attached hydrogens (tertiary/aromatic N) is 1. The molecule has 0 radical (unpaired) electrons. The highest BCUT2D eigenvalue weighted by atomic mass is 32.2. The predicted molar refractivity (Wildman–Crippen MR) is 65.5 cm³/mol. The summed E-state index contributed by atoms with van der Waals surface area (Å²) in [5.74, 6) is 0. The molecule has 0 amide bonds. The Morgan fingerprint density at radius 1 is 1.25 bits per heavy atom. The second kappa shape index (κ2) is 5.14. The Bertz CT molecular complexity index is 485. The lowest BCUT2D eigenvalue weighted by Gasteiger charge is -2.05. The first kappa shape index (κ1) is 11.2. The lowest BCUT2D eigenvalue weighted by Crippen LogP contribution is -1.90. The Kier molecular flexibility index (Phi) is 3.59. The summed E-state index contributed by atoms with van der Waals surface area (Å²) >= 11 is 1.58. The molecular weight excluding hydrogens is 218 g/mol. The van der Waals surface area contributed by atoms with Crippen LogP contribution in [0.4, 0.5) is 0 Å². The van der Waals surface area contributed by atoms with Gasteiger partial charge < -0.3 is 5.11 Å². The van der Waals surface area contributed by atoms with Gasteiger partial charge in [-0.25, -0.2) is 4.98 Å². The van der Waals surface area contributed by atoms with Crippen molar-refractivity contribution in [2.24, 2.45) is 0 Å². The zero-order chi connectivity index (χ0) is 11.4. The van der Waals surface area contributed by atoms with Crippen molar-refractivity contribution in [3.8, 4) is 0 Å². The van der Waals surface area contributed by atoms with E-state index in [0.717, 1.165) is 15.5 Å². The molecule has 0 unspecified atom stereocenters. The summed E-state index contributed by atoms with van der Waals surface area (Å²) in [6.07, 6.45) is 1.75. The van der Waals surface area contributed by atoms with Gasteiger partial charge in [0.1, 0.15) is 5.03 Å². The summed E-state index contributed by atoms with van der Waals surface area (Å²) < 4.78 is 0. The van der Waals surface area contributed by atoms with Crippen molar-refractivity contribution in [1.29, 1.82) is 0 Å². The average molecular weight is 231 g/mol. The van der Waals surface area contributed by atoms with Crippen LogP contribution in [0.3, 0.4) is 0 Å². The summed E-state index contributed by atoms with van der Waals surface area (Å²) in [6.45, 7) is 2.09. The van der Waals surface area contributed by atoms with Gasteiger partial charge >= 0.3 is 0 Å². The van der Waals surface area contributed by atoms with Crippen molar-refractivity contribution < 1.29 is 5.11 Å². The van der Waals surface area contributed by atoms with E-state index in [1.54, 1.807) is 18.0 Å². The van der Waals surface area contributed by atoms with Crippen molar-refractivity contribution in [2.75, 3.05) is 0 Å². The molecular formula is C13H13NOS. The standard InChI is InChI=1S/C13H13NOS/c1-10-4-2-6-12(8-10)16-13-11(9-15)5-3-7-14-13/h2-8,15H,9H2,1H3. The molecule has 0 spiro atoms. The molecule has 0 bridgehead atoms. The number of aliphatic hydroxyl groups is 1. The van der Waals surface area contributed by atoms with E-state index >= 15 is 0 Å². The second-order valence-corrected chi connectivity index (χ2v) is 4.61. The van der Waals surface area contributed by atoms with Gasteiger partial charge in [0.25, 0.3) is 0 Å². The largest absolute Gasteiger partial charge is 0.392 e. The summed E-state index contributed by atoms with van der Waals surface area (Å²) in [6, 6.07) is 12.0. The van der Waals surface area contributed by atoms with Gasteiger partial charge in [-0.05, 0) is 25.1 Å². The van der Waals surface area contributed by atoms with E-state index < -0.39 is 0 Å². The molecule has 0 aliphatic carbocycles. The van der Waals surface area contributed by atoms with E-state index in [4.69, 9.17) is 0 Å². The van der Waals surface area contributed by atoms with Gasteiger partial charge in [0, 0.05) is 16.7 Å². The third kappa shape index (κ3) is 2.62. The number of hydrogen-bond acceptors (Lipinski definition) is 3. The van der Waals surface area contributed by atoms with Gasteiger partial charge in [-0.15, -0.1) is 0 Å². The van der Waals surface area contributed by atoms with E-state index in [0.29, 0.717) is 0 Å². The van der Waals surface area contributed by atoms with Crippen molar-refractivity contribution in [1.82, 2.24) is 4.98 Å². The van der Waals surface area contributed by atoms with Gasteiger partial charge in [-0.1, -0.05) is 35.5 Å². The molecule has 3 heteroatoms. The topological polar surface area (TPSA) is 33.1 Å². The Morgan fingerprint density at radius 3 is 2.88 bits per heavy atom. The van der Waals surface area contributed by atoms with Crippen LogP contribution in [0.15, 0.2) is 52.5 Å². The predicted octanol–water partition coefficient (Wildman–Crippen LogP) is 3.03. The molecule has 16 heavy (non-hydrogen) atoms. The lowest BCUT2D eigenvalue weighted by molar-refractivity contribution is 0.278. The number of rotatable bonds is 3. The van der Waals surface area contributed by atoms with Crippen LogP contribution >= 0.6 is 11.8 Å². The van der Waals surface area contributed by atoms with E-state index in [2.05, 4.69) is 24.0 Å². The maximum Gasteiger partial charge on any atom is 0.106 e. The summed E-state index contributed by atoms with van der Waals surface area (Å²) in [5.41, 5.74) is 2.10. The molecule has 2 nitrogen and oxygen atoms in total. The smallest absolute Gasteiger partial charge is 0.106 e. The molecule has 0 saturated heterocycles.